The largest absolute Gasteiger partial charge is 0.462 e. The van der Waals surface area contributed by atoms with Crippen molar-refractivity contribution in [3.8, 4) is 11.3 Å². The van der Waals surface area contributed by atoms with Gasteiger partial charge in [-0.25, -0.2) is 5.01 Å². The summed E-state index contributed by atoms with van der Waals surface area (Å²) in [6.07, 6.45) is 1.09. The molecular weight excluding hydrogens is 422 g/mol. The topological polar surface area (TPSA) is 176 Å². The summed E-state index contributed by atoms with van der Waals surface area (Å²) in [4.78, 5) is 25.9. The molecule has 0 radical (unpaired) electrons. The van der Waals surface area contributed by atoms with Crippen molar-refractivity contribution in [3.63, 3.8) is 0 Å². The first-order valence-corrected chi connectivity index (χ1v) is 10.1. The van der Waals surface area contributed by atoms with Gasteiger partial charge in [0.2, 0.25) is 11.3 Å². The van der Waals surface area contributed by atoms with Crippen LogP contribution in [-0.2, 0) is 17.8 Å². The van der Waals surface area contributed by atoms with E-state index in [1.165, 1.54) is 6.26 Å². The molecule has 10 heteroatoms. The Labute approximate surface area is 190 Å². The van der Waals surface area contributed by atoms with Crippen molar-refractivity contribution in [2.24, 2.45) is 5.73 Å². The van der Waals surface area contributed by atoms with Crippen molar-refractivity contribution in [3.05, 3.63) is 75.6 Å². The number of nitrogens with zero attached hydrogens (tertiary/aromatic N) is 1. The molecule has 10 nitrogen and oxygen atoms in total. The average Bonchev–Trinajstić information content (AvgIpc) is 2.74. The number of hydrogen-bond donors (Lipinski definition) is 6. The fourth-order valence-corrected chi connectivity index (χ4v) is 3.26. The standard InChI is InChI=1S/C23H27N7O3/c1-30(2)29-19-12-33-22(15-7-16(24)9-17(25)8-15)18(21(19)32)10-20(31)28-11-13-3-5-14(6-4-13)23(26)27/h3-9,12,29H,10-11,24-25H2,1-2H3,(H3,26,27)(H,28,31). The molecule has 0 aliphatic rings. The van der Waals surface area contributed by atoms with Crippen molar-refractivity contribution in [1.29, 1.82) is 5.41 Å². The molecule has 3 aromatic rings. The summed E-state index contributed by atoms with van der Waals surface area (Å²) in [6.45, 7) is 0.249. The summed E-state index contributed by atoms with van der Waals surface area (Å²) in [5, 5.41) is 11.8. The molecule has 0 bridgehead atoms. The van der Waals surface area contributed by atoms with E-state index >= 15 is 0 Å². The minimum Gasteiger partial charge on any atom is -0.462 e. The molecule has 0 aliphatic heterocycles. The number of nitrogens with one attached hydrogen (secondary N) is 3. The number of hydrogen-bond acceptors (Lipinski definition) is 8. The van der Waals surface area contributed by atoms with Gasteiger partial charge in [0, 0.05) is 43.1 Å². The molecule has 0 spiro atoms. The fraction of sp³-hybridized carbons (Fsp3) is 0.174. The van der Waals surface area contributed by atoms with E-state index in [0.29, 0.717) is 22.5 Å². The van der Waals surface area contributed by atoms with Crippen molar-refractivity contribution in [2.45, 2.75) is 13.0 Å². The van der Waals surface area contributed by atoms with Crippen LogP contribution in [0, 0.1) is 5.41 Å². The van der Waals surface area contributed by atoms with E-state index < -0.39 is 0 Å². The van der Waals surface area contributed by atoms with Crippen LogP contribution in [-0.4, -0.2) is 30.8 Å². The highest BCUT2D eigenvalue weighted by Gasteiger charge is 2.19. The molecule has 0 atom stereocenters. The Balaban J connectivity index is 1.88. The number of nitrogens with two attached hydrogens (primary N) is 3. The Kier molecular flexibility index (Phi) is 6.99. The second-order valence-electron chi connectivity index (χ2n) is 7.74. The van der Waals surface area contributed by atoms with E-state index in [1.54, 1.807) is 61.6 Å². The van der Waals surface area contributed by atoms with E-state index in [9.17, 15) is 9.59 Å². The van der Waals surface area contributed by atoms with Gasteiger partial charge in [-0.15, -0.1) is 0 Å². The van der Waals surface area contributed by atoms with Gasteiger partial charge in [0.1, 0.15) is 23.5 Å². The molecule has 0 saturated heterocycles. The molecule has 1 heterocycles. The van der Waals surface area contributed by atoms with Crippen LogP contribution in [0.5, 0.6) is 0 Å². The van der Waals surface area contributed by atoms with E-state index in [1.807, 2.05) is 0 Å². The number of hydrazine groups is 1. The molecule has 1 amide bonds. The SMILES string of the molecule is CN(C)Nc1coc(-c2cc(N)cc(N)c2)c(CC(=O)NCc2ccc(C(=N)N)cc2)c1=O. The maximum Gasteiger partial charge on any atom is 0.224 e. The van der Waals surface area contributed by atoms with Gasteiger partial charge in [0.25, 0.3) is 0 Å². The molecule has 0 unspecified atom stereocenters. The average molecular weight is 450 g/mol. The van der Waals surface area contributed by atoms with Crippen molar-refractivity contribution >= 4 is 28.8 Å². The second kappa shape index (κ2) is 9.88. The lowest BCUT2D eigenvalue weighted by Crippen LogP contribution is -2.30. The maximum atomic E-state index is 13.2. The monoisotopic (exact) mass is 449 g/mol. The molecule has 172 valence electrons. The Morgan fingerprint density at radius 3 is 2.30 bits per heavy atom. The molecular formula is C23H27N7O3. The Morgan fingerprint density at radius 1 is 1.09 bits per heavy atom. The number of carbonyl (C=O) groups excluding carboxylic acids is 1. The van der Waals surface area contributed by atoms with Gasteiger partial charge in [-0.3, -0.25) is 15.0 Å². The Morgan fingerprint density at radius 2 is 1.73 bits per heavy atom. The van der Waals surface area contributed by atoms with Gasteiger partial charge in [0.05, 0.1) is 12.0 Å². The lowest BCUT2D eigenvalue weighted by molar-refractivity contribution is -0.120. The van der Waals surface area contributed by atoms with Crippen LogP contribution in [0.2, 0.25) is 0 Å². The Hall–Kier alpha value is -4.31. The smallest absolute Gasteiger partial charge is 0.224 e. The quantitative estimate of drug-likeness (QED) is 0.130. The van der Waals surface area contributed by atoms with Crippen molar-refractivity contribution in [1.82, 2.24) is 10.3 Å². The third-order valence-corrected chi connectivity index (χ3v) is 4.76. The van der Waals surface area contributed by atoms with Crippen LogP contribution in [0.25, 0.3) is 11.3 Å². The van der Waals surface area contributed by atoms with Gasteiger partial charge < -0.3 is 32.4 Å². The van der Waals surface area contributed by atoms with Gasteiger partial charge in [-0.05, 0) is 23.8 Å². The highest BCUT2D eigenvalue weighted by molar-refractivity contribution is 5.94. The van der Waals surface area contributed by atoms with Crippen LogP contribution in [0.15, 0.2) is 57.9 Å². The fourth-order valence-electron chi connectivity index (χ4n) is 3.26. The zero-order valence-electron chi connectivity index (χ0n) is 18.4. The third kappa shape index (κ3) is 5.89. The summed E-state index contributed by atoms with van der Waals surface area (Å²) < 4.78 is 5.75. The minimum atomic E-state index is -0.369. The van der Waals surface area contributed by atoms with E-state index in [-0.39, 0.29) is 47.1 Å². The lowest BCUT2D eigenvalue weighted by atomic mass is 10.0. The summed E-state index contributed by atoms with van der Waals surface area (Å²) in [6, 6.07) is 11.8. The number of carbonyl (C=O) groups is 1. The van der Waals surface area contributed by atoms with Gasteiger partial charge in [-0.1, -0.05) is 24.3 Å². The highest BCUT2D eigenvalue weighted by atomic mass is 16.3. The van der Waals surface area contributed by atoms with Crippen LogP contribution >= 0.6 is 0 Å². The molecule has 0 saturated carbocycles. The molecule has 33 heavy (non-hydrogen) atoms. The Bertz CT molecular complexity index is 1210. The number of rotatable bonds is 8. The van der Waals surface area contributed by atoms with Crippen LogP contribution < -0.4 is 33.4 Å². The van der Waals surface area contributed by atoms with Gasteiger partial charge in [-0.2, -0.15) is 0 Å². The summed E-state index contributed by atoms with van der Waals surface area (Å²) in [5.41, 5.74) is 22.9. The molecule has 0 fully saturated rings. The second-order valence-corrected chi connectivity index (χ2v) is 7.74. The number of amides is 1. The molecule has 1 aromatic heterocycles. The van der Waals surface area contributed by atoms with Crippen LogP contribution in [0.1, 0.15) is 16.7 Å². The van der Waals surface area contributed by atoms with Crippen LogP contribution in [0.4, 0.5) is 17.1 Å². The number of amidine groups is 1. The first kappa shape index (κ1) is 23.4. The first-order valence-electron chi connectivity index (χ1n) is 10.1. The molecule has 9 N–H and O–H groups in total. The summed E-state index contributed by atoms with van der Waals surface area (Å²) >= 11 is 0. The summed E-state index contributed by atoms with van der Waals surface area (Å²) in [7, 11) is 3.46. The molecule has 3 rings (SSSR count). The predicted molar refractivity (Wildman–Crippen MR) is 130 cm³/mol. The van der Waals surface area contributed by atoms with Gasteiger partial charge in [0.15, 0.2) is 0 Å². The third-order valence-electron chi connectivity index (χ3n) is 4.76. The van der Waals surface area contributed by atoms with E-state index in [2.05, 4.69) is 10.7 Å². The molecule has 2 aromatic carbocycles. The molecule has 0 aliphatic carbocycles. The zero-order valence-corrected chi connectivity index (χ0v) is 18.4. The number of nitrogen functional groups attached to an aromatic ring is 3. The van der Waals surface area contributed by atoms with Crippen molar-refractivity contribution < 1.29 is 9.21 Å². The normalized spacial score (nSPS) is 10.8. The van der Waals surface area contributed by atoms with Crippen LogP contribution in [0.3, 0.4) is 0 Å². The maximum absolute atomic E-state index is 13.2. The lowest BCUT2D eigenvalue weighted by Gasteiger charge is -2.15. The van der Waals surface area contributed by atoms with E-state index in [0.717, 1.165) is 5.56 Å². The minimum absolute atomic E-state index is 0.0294. The zero-order chi connectivity index (χ0) is 24.1. The predicted octanol–water partition coefficient (Wildman–Crippen LogP) is 1.50. The van der Waals surface area contributed by atoms with Gasteiger partial charge >= 0.3 is 0 Å². The highest BCUT2D eigenvalue weighted by Crippen LogP contribution is 2.28. The van der Waals surface area contributed by atoms with E-state index in [4.69, 9.17) is 27.0 Å². The first-order chi connectivity index (χ1) is 15.6. The van der Waals surface area contributed by atoms with Crippen molar-refractivity contribution in [2.75, 3.05) is 31.0 Å². The number of anilines is 3. The summed E-state index contributed by atoms with van der Waals surface area (Å²) in [5.74, 6) is -0.166. The number of benzene rings is 2.